The van der Waals surface area contributed by atoms with Crippen LogP contribution >= 0.6 is 11.3 Å². The Morgan fingerprint density at radius 1 is 1.50 bits per heavy atom. The molecule has 0 unspecified atom stereocenters. The predicted octanol–water partition coefficient (Wildman–Crippen LogP) is -1.25. The van der Waals surface area contributed by atoms with E-state index in [1.807, 2.05) is 0 Å². The number of nitrogens with zero attached hydrogens (tertiary/aromatic N) is 2. The van der Waals surface area contributed by atoms with Crippen LogP contribution in [0.1, 0.15) is 0 Å². The SMILES string of the molecule is NS(=O)(=O)c1nnc(NC=O)s1. The molecule has 0 spiro atoms. The van der Waals surface area contributed by atoms with Gasteiger partial charge >= 0.3 is 0 Å². The molecule has 66 valence electrons. The molecule has 1 heterocycles. The van der Waals surface area contributed by atoms with Crippen molar-refractivity contribution < 1.29 is 13.2 Å². The Bertz CT molecular complexity index is 382. The van der Waals surface area contributed by atoms with E-state index in [0.717, 1.165) is 0 Å². The summed E-state index contributed by atoms with van der Waals surface area (Å²) in [6.45, 7) is 0. The van der Waals surface area contributed by atoms with E-state index in [4.69, 9.17) is 5.14 Å². The third-order valence-electron chi connectivity index (χ3n) is 0.832. The lowest BCUT2D eigenvalue weighted by atomic mass is 11.1. The zero-order valence-corrected chi connectivity index (χ0v) is 7.22. The van der Waals surface area contributed by atoms with Crippen LogP contribution in [0.5, 0.6) is 0 Å². The Labute approximate surface area is 71.7 Å². The van der Waals surface area contributed by atoms with Crippen molar-refractivity contribution in [2.45, 2.75) is 4.34 Å². The second-order valence-corrected chi connectivity index (χ2v) is 4.39. The molecule has 0 aromatic carbocycles. The molecule has 0 aliphatic heterocycles. The molecule has 0 saturated carbocycles. The highest BCUT2D eigenvalue weighted by atomic mass is 32.2. The predicted molar refractivity (Wildman–Crippen MR) is 41.0 cm³/mol. The first-order chi connectivity index (χ1) is 5.54. The molecule has 7 nitrogen and oxygen atoms in total. The summed E-state index contributed by atoms with van der Waals surface area (Å²) in [5.41, 5.74) is 0. The lowest BCUT2D eigenvalue weighted by molar-refractivity contribution is -0.105. The largest absolute Gasteiger partial charge is 0.303 e. The first kappa shape index (κ1) is 9.03. The summed E-state index contributed by atoms with van der Waals surface area (Å²) in [4.78, 5) is 9.88. The Morgan fingerprint density at radius 3 is 2.58 bits per heavy atom. The molecule has 1 aromatic heterocycles. The number of carbonyl (C=O) groups excluding carboxylic acids is 1. The number of nitrogens with two attached hydrogens (primary N) is 1. The first-order valence-electron chi connectivity index (χ1n) is 2.60. The molecule has 1 rings (SSSR count). The number of amides is 1. The van der Waals surface area contributed by atoms with Gasteiger partial charge in [0, 0.05) is 0 Å². The van der Waals surface area contributed by atoms with Crippen LogP contribution in [-0.2, 0) is 14.8 Å². The maximum absolute atomic E-state index is 10.6. The minimum absolute atomic E-state index is 0.0917. The van der Waals surface area contributed by atoms with Crippen molar-refractivity contribution in [2.24, 2.45) is 5.14 Å². The van der Waals surface area contributed by atoms with Crippen molar-refractivity contribution in [3.63, 3.8) is 0 Å². The zero-order valence-electron chi connectivity index (χ0n) is 5.59. The van der Waals surface area contributed by atoms with Crippen LogP contribution < -0.4 is 10.5 Å². The lowest BCUT2D eigenvalue weighted by Gasteiger charge is -1.85. The standard InChI is InChI=1S/C3H4N4O3S2/c4-12(9,10)3-7-6-2(11-3)5-1-8/h1H,(H2,4,9,10)(H,5,6,8). The molecule has 1 amide bonds. The number of rotatable bonds is 3. The van der Waals surface area contributed by atoms with Gasteiger partial charge in [-0.2, -0.15) is 0 Å². The first-order valence-corrected chi connectivity index (χ1v) is 4.97. The normalized spacial score (nSPS) is 11.1. The lowest BCUT2D eigenvalue weighted by Crippen LogP contribution is -2.11. The Hall–Kier alpha value is -1.06. The van der Waals surface area contributed by atoms with Crippen molar-refractivity contribution in [2.75, 3.05) is 5.32 Å². The van der Waals surface area contributed by atoms with E-state index in [1.54, 1.807) is 0 Å². The smallest absolute Gasteiger partial charge is 0.267 e. The summed E-state index contributed by atoms with van der Waals surface area (Å²) in [5, 5.41) is 13.5. The summed E-state index contributed by atoms with van der Waals surface area (Å²) < 4.78 is 20.9. The number of nitrogens with one attached hydrogen (secondary N) is 1. The summed E-state index contributed by atoms with van der Waals surface area (Å²) in [7, 11) is -3.81. The van der Waals surface area contributed by atoms with E-state index in [1.165, 1.54) is 0 Å². The van der Waals surface area contributed by atoms with Gasteiger partial charge in [0.2, 0.25) is 15.9 Å². The van der Waals surface area contributed by atoms with Crippen LogP contribution in [-0.4, -0.2) is 25.0 Å². The second kappa shape index (κ2) is 3.13. The fraction of sp³-hybridized carbons (Fsp3) is 0. The molecule has 9 heteroatoms. The van der Waals surface area contributed by atoms with Gasteiger partial charge in [0.25, 0.3) is 10.0 Å². The highest BCUT2D eigenvalue weighted by molar-refractivity contribution is 7.91. The molecular formula is C3H4N4O3S2. The van der Waals surface area contributed by atoms with Crippen molar-refractivity contribution in [1.29, 1.82) is 0 Å². The topological polar surface area (TPSA) is 115 Å². The van der Waals surface area contributed by atoms with Crippen LogP contribution in [0.4, 0.5) is 5.13 Å². The highest BCUT2D eigenvalue weighted by Gasteiger charge is 2.14. The van der Waals surface area contributed by atoms with Gasteiger partial charge in [-0.25, -0.2) is 13.6 Å². The number of aromatic nitrogens is 2. The van der Waals surface area contributed by atoms with Gasteiger partial charge in [-0.3, -0.25) is 4.79 Å². The Morgan fingerprint density at radius 2 is 2.17 bits per heavy atom. The maximum Gasteiger partial charge on any atom is 0.267 e. The monoisotopic (exact) mass is 208 g/mol. The number of carbonyl (C=O) groups is 1. The minimum atomic E-state index is -3.81. The quantitative estimate of drug-likeness (QED) is 0.476. The van der Waals surface area contributed by atoms with E-state index < -0.39 is 10.0 Å². The van der Waals surface area contributed by atoms with Gasteiger partial charge in [-0.1, -0.05) is 11.3 Å². The average Bonchev–Trinajstić information content (AvgIpc) is 2.35. The molecule has 3 N–H and O–H groups in total. The van der Waals surface area contributed by atoms with E-state index in [0.29, 0.717) is 17.7 Å². The number of anilines is 1. The summed E-state index contributed by atoms with van der Waals surface area (Å²) in [5.74, 6) is 0. The van der Waals surface area contributed by atoms with Crippen molar-refractivity contribution >= 4 is 32.9 Å². The van der Waals surface area contributed by atoms with Crippen molar-refractivity contribution in [3.05, 3.63) is 0 Å². The van der Waals surface area contributed by atoms with Crippen molar-refractivity contribution in [3.8, 4) is 0 Å². The molecule has 12 heavy (non-hydrogen) atoms. The number of hydrogen-bond acceptors (Lipinski definition) is 6. The van der Waals surface area contributed by atoms with Crippen LogP contribution in [0.25, 0.3) is 0 Å². The Balaban J connectivity index is 2.99. The number of primary sulfonamides is 1. The fourth-order valence-corrected chi connectivity index (χ4v) is 1.73. The summed E-state index contributed by atoms with van der Waals surface area (Å²) in [6.07, 6.45) is 0.368. The van der Waals surface area contributed by atoms with Gasteiger partial charge < -0.3 is 5.32 Å². The molecule has 0 aliphatic rings. The molecule has 0 fully saturated rings. The van der Waals surface area contributed by atoms with E-state index in [-0.39, 0.29) is 9.47 Å². The highest BCUT2D eigenvalue weighted by Crippen LogP contribution is 2.17. The molecule has 0 atom stereocenters. The molecule has 1 aromatic rings. The number of hydrogen-bond donors (Lipinski definition) is 2. The van der Waals surface area contributed by atoms with Crippen LogP contribution in [0, 0.1) is 0 Å². The molecular weight excluding hydrogens is 204 g/mol. The van der Waals surface area contributed by atoms with Crippen LogP contribution in [0.2, 0.25) is 0 Å². The van der Waals surface area contributed by atoms with E-state index in [9.17, 15) is 13.2 Å². The van der Waals surface area contributed by atoms with Crippen LogP contribution in [0.3, 0.4) is 0 Å². The van der Waals surface area contributed by atoms with E-state index in [2.05, 4.69) is 15.5 Å². The molecule has 0 aliphatic carbocycles. The van der Waals surface area contributed by atoms with Gasteiger partial charge in [0.05, 0.1) is 0 Å². The minimum Gasteiger partial charge on any atom is -0.303 e. The van der Waals surface area contributed by atoms with Gasteiger partial charge in [-0.05, 0) is 0 Å². The van der Waals surface area contributed by atoms with E-state index >= 15 is 0 Å². The van der Waals surface area contributed by atoms with Crippen molar-refractivity contribution in [1.82, 2.24) is 10.2 Å². The average molecular weight is 208 g/mol. The zero-order chi connectivity index (χ0) is 9.19. The third kappa shape index (κ3) is 1.96. The molecule has 0 saturated heterocycles. The third-order valence-corrected chi connectivity index (χ3v) is 3.00. The van der Waals surface area contributed by atoms with Gasteiger partial charge in [0.1, 0.15) is 0 Å². The van der Waals surface area contributed by atoms with Gasteiger partial charge in [-0.15, -0.1) is 10.2 Å². The van der Waals surface area contributed by atoms with Gasteiger partial charge in [0.15, 0.2) is 0 Å². The second-order valence-electron chi connectivity index (χ2n) is 1.68. The summed E-state index contributed by atoms with van der Waals surface area (Å²) in [6, 6.07) is 0. The molecule has 0 radical (unpaired) electrons. The molecule has 0 bridgehead atoms. The fourth-order valence-electron chi connectivity index (χ4n) is 0.433. The summed E-state index contributed by atoms with van der Waals surface area (Å²) >= 11 is 0.687. The maximum atomic E-state index is 10.6. The Kier molecular flexibility index (Phi) is 2.35. The van der Waals surface area contributed by atoms with Crippen LogP contribution in [0.15, 0.2) is 4.34 Å². The number of sulfonamides is 1.